The molecule has 0 atom stereocenters. The first kappa shape index (κ1) is 32.9. The van der Waals surface area contributed by atoms with Crippen molar-refractivity contribution in [2.24, 2.45) is 0 Å². The number of para-hydroxylation sites is 4. The molecule has 0 aliphatic rings. The number of nitrogens with zero attached hydrogens (tertiary/aromatic N) is 4. The first-order valence-electron chi connectivity index (χ1n) is 20.5. The highest BCUT2D eigenvalue weighted by Gasteiger charge is 2.16. The Hall–Kier alpha value is -8.08. The standard InChI is InChI=1S/C56H34N4/c1-3-11-41(12-4-1)59-51-17-9-7-15-45(51)47-33-37(23-29-53(47)59)35-19-25-43-39(31-35)21-27-49-55(43)58-56-44-26-20-36(32-40(44)22-28-50(56)57-49)38-24-30-54-48(34-38)46-16-8-10-18-52(46)60(54)42-13-5-2-6-14-42/h1-34H. The Morgan fingerprint density at radius 1 is 0.267 bits per heavy atom. The highest BCUT2D eigenvalue weighted by atomic mass is 15.0. The van der Waals surface area contributed by atoms with Gasteiger partial charge in [-0.2, -0.15) is 0 Å². The normalized spacial score (nSPS) is 12.0. The summed E-state index contributed by atoms with van der Waals surface area (Å²) in [5.74, 6) is 0. The van der Waals surface area contributed by atoms with Gasteiger partial charge in [0.2, 0.25) is 0 Å². The molecule has 0 aliphatic heterocycles. The average Bonchev–Trinajstić information content (AvgIpc) is 3.83. The summed E-state index contributed by atoms with van der Waals surface area (Å²) in [6, 6.07) is 74.4. The third-order valence-corrected chi connectivity index (χ3v) is 12.4. The number of aromatic nitrogens is 4. The molecule has 0 N–H and O–H groups in total. The molecule has 10 aromatic carbocycles. The Labute approximate surface area is 344 Å². The van der Waals surface area contributed by atoms with Gasteiger partial charge in [-0.05, 0) is 118 Å². The van der Waals surface area contributed by atoms with E-state index in [1.54, 1.807) is 0 Å². The number of fused-ring (bicyclic) bond motifs is 12. The SMILES string of the molecule is c1ccc(-n2c3ccccc3c3cc(-c4ccc5c(ccc6nc7ccc8cc(-c9ccc%10c(c9)c9ccccc9n%10-c9ccccc9)ccc8c7nc65)c4)ccc32)cc1. The van der Waals surface area contributed by atoms with Gasteiger partial charge < -0.3 is 9.13 Å². The van der Waals surface area contributed by atoms with E-state index in [0.717, 1.165) is 55.0 Å². The van der Waals surface area contributed by atoms with E-state index >= 15 is 0 Å². The fourth-order valence-electron chi connectivity index (χ4n) is 9.64. The predicted molar refractivity (Wildman–Crippen MR) is 252 cm³/mol. The van der Waals surface area contributed by atoms with Crippen LogP contribution in [0, 0.1) is 0 Å². The number of benzene rings is 10. The third kappa shape index (κ3) is 4.91. The van der Waals surface area contributed by atoms with Crippen molar-refractivity contribution in [2.75, 3.05) is 0 Å². The van der Waals surface area contributed by atoms with Gasteiger partial charge in [0.25, 0.3) is 0 Å². The van der Waals surface area contributed by atoms with Crippen LogP contribution in [0.1, 0.15) is 0 Å². The molecule has 0 saturated heterocycles. The minimum atomic E-state index is 0.900. The Balaban J connectivity index is 0.905. The van der Waals surface area contributed by atoms with Crippen LogP contribution in [0.25, 0.3) is 121 Å². The minimum Gasteiger partial charge on any atom is -0.309 e. The van der Waals surface area contributed by atoms with Crippen molar-refractivity contribution in [1.29, 1.82) is 0 Å². The second-order valence-corrected chi connectivity index (χ2v) is 15.8. The average molecular weight is 763 g/mol. The van der Waals surface area contributed by atoms with Crippen molar-refractivity contribution < 1.29 is 0 Å². The maximum Gasteiger partial charge on any atom is 0.0973 e. The Kier molecular flexibility index (Phi) is 6.98. The molecule has 4 nitrogen and oxygen atoms in total. The van der Waals surface area contributed by atoms with Crippen LogP contribution in [0.2, 0.25) is 0 Å². The maximum absolute atomic E-state index is 5.38. The van der Waals surface area contributed by atoms with Crippen LogP contribution in [0.15, 0.2) is 206 Å². The number of hydrogen-bond donors (Lipinski definition) is 0. The van der Waals surface area contributed by atoms with Gasteiger partial charge in [0.05, 0.1) is 44.1 Å². The van der Waals surface area contributed by atoms with Crippen LogP contribution in [-0.2, 0) is 0 Å². The molecule has 0 spiro atoms. The lowest BCUT2D eigenvalue weighted by molar-refractivity contribution is 1.18. The molecule has 0 saturated carbocycles. The highest BCUT2D eigenvalue weighted by molar-refractivity contribution is 6.14. The third-order valence-electron chi connectivity index (χ3n) is 12.4. The molecule has 0 radical (unpaired) electrons. The Morgan fingerprint density at radius 2 is 0.667 bits per heavy atom. The van der Waals surface area contributed by atoms with E-state index in [2.05, 4.69) is 215 Å². The van der Waals surface area contributed by atoms with E-state index in [1.165, 1.54) is 65.9 Å². The molecular weight excluding hydrogens is 729 g/mol. The number of hydrogen-bond acceptors (Lipinski definition) is 2. The molecule has 0 unspecified atom stereocenters. The zero-order valence-corrected chi connectivity index (χ0v) is 32.4. The molecule has 4 heteroatoms. The zero-order chi connectivity index (χ0) is 39.3. The van der Waals surface area contributed by atoms with Crippen molar-refractivity contribution >= 4 is 87.2 Å². The summed E-state index contributed by atoms with van der Waals surface area (Å²) in [6.45, 7) is 0. The van der Waals surface area contributed by atoms with Crippen molar-refractivity contribution in [1.82, 2.24) is 19.1 Å². The van der Waals surface area contributed by atoms with Gasteiger partial charge in [0, 0.05) is 43.7 Å². The molecular formula is C56H34N4. The second-order valence-electron chi connectivity index (χ2n) is 15.8. The van der Waals surface area contributed by atoms with Crippen LogP contribution in [0.5, 0.6) is 0 Å². The van der Waals surface area contributed by atoms with Crippen molar-refractivity contribution in [3.8, 4) is 33.6 Å². The molecule has 3 aromatic heterocycles. The van der Waals surface area contributed by atoms with Crippen LogP contribution in [0.3, 0.4) is 0 Å². The van der Waals surface area contributed by atoms with Gasteiger partial charge in [-0.3, -0.25) is 0 Å². The first-order valence-corrected chi connectivity index (χ1v) is 20.5. The molecule has 278 valence electrons. The van der Waals surface area contributed by atoms with Gasteiger partial charge in [-0.25, -0.2) is 9.97 Å². The predicted octanol–water partition coefficient (Wildman–Crippen LogP) is 14.6. The minimum absolute atomic E-state index is 0.900. The van der Waals surface area contributed by atoms with Gasteiger partial charge in [0.1, 0.15) is 0 Å². The van der Waals surface area contributed by atoms with E-state index in [4.69, 9.17) is 9.97 Å². The van der Waals surface area contributed by atoms with Gasteiger partial charge in [-0.1, -0.05) is 121 Å². The molecule has 0 bridgehead atoms. The van der Waals surface area contributed by atoms with Crippen LogP contribution in [-0.4, -0.2) is 19.1 Å². The summed E-state index contributed by atoms with van der Waals surface area (Å²) in [5, 5.41) is 9.48. The molecule has 0 fully saturated rings. The lowest BCUT2D eigenvalue weighted by Crippen LogP contribution is -1.93. The lowest BCUT2D eigenvalue weighted by atomic mass is 9.98. The zero-order valence-electron chi connectivity index (χ0n) is 32.4. The maximum atomic E-state index is 5.38. The van der Waals surface area contributed by atoms with Gasteiger partial charge >= 0.3 is 0 Å². The molecule has 3 heterocycles. The fourth-order valence-corrected chi connectivity index (χ4v) is 9.64. The largest absolute Gasteiger partial charge is 0.309 e. The van der Waals surface area contributed by atoms with E-state index in [9.17, 15) is 0 Å². The summed E-state index contributed by atoms with van der Waals surface area (Å²) < 4.78 is 4.72. The smallest absolute Gasteiger partial charge is 0.0973 e. The van der Waals surface area contributed by atoms with Crippen molar-refractivity contribution in [3.05, 3.63) is 206 Å². The lowest BCUT2D eigenvalue weighted by Gasteiger charge is -2.11. The number of rotatable bonds is 4. The Bertz CT molecular complexity index is 3630. The van der Waals surface area contributed by atoms with Crippen LogP contribution >= 0.6 is 0 Å². The molecule has 0 amide bonds. The summed E-state index contributed by atoms with van der Waals surface area (Å²) in [5.41, 5.74) is 15.5. The van der Waals surface area contributed by atoms with E-state index in [-0.39, 0.29) is 0 Å². The molecule has 60 heavy (non-hydrogen) atoms. The summed E-state index contributed by atoms with van der Waals surface area (Å²) in [6.07, 6.45) is 0. The van der Waals surface area contributed by atoms with E-state index in [0.29, 0.717) is 0 Å². The molecule has 13 aromatic rings. The van der Waals surface area contributed by atoms with Crippen molar-refractivity contribution in [2.45, 2.75) is 0 Å². The van der Waals surface area contributed by atoms with Crippen molar-refractivity contribution in [3.63, 3.8) is 0 Å². The van der Waals surface area contributed by atoms with E-state index < -0.39 is 0 Å². The summed E-state index contributed by atoms with van der Waals surface area (Å²) in [4.78, 5) is 10.5. The van der Waals surface area contributed by atoms with Gasteiger partial charge in [-0.15, -0.1) is 0 Å². The summed E-state index contributed by atoms with van der Waals surface area (Å²) in [7, 11) is 0. The molecule has 13 rings (SSSR count). The topological polar surface area (TPSA) is 35.6 Å². The molecule has 0 aliphatic carbocycles. The second kappa shape index (κ2) is 12.7. The monoisotopic (exact) mass is 762 g/mol. The summed E-state index contributed by atoms with van der Waals surface area (Å²) >= 11 is 0. The quantitative estimate of drug-likeness (QED) is 0.132. The first-order chi connectivity index (χ1) is 29.7. The van der Waals surface area contributed by atoms with Crippen LogP contribution < -0.4 is 0 Å². The van der Waals surface area contributed by atoms with Gasteiger partial charge in [0.15, 0.2) is 0 Å². The van der Waals surface area contributed by atoms with Crippen LogP contribution in [0.4, 0.5) is 0 Å². The fraction of sp³-hybridized carbons (Fsp3) is 0. The Morgan fingerprint density at radius 3 is 1.15 bits per heavy atom. The van der Waals surface area contributed by atoms with E-state index in [1.807, 2.05) is 0 Å². The highest BCUT2D eigenvalue weighted by Crippen LogP contribution is 2.39.